The van der Waals surface area contributed by atoms with Crippen molar-refractivity contribution >= 4 is 17.3 Å². The van der Waals surface area contributed by atoms with Gasteiger partial charge in [0.25, 0.3) is 0 Å². The number of rotatable bonds is 4. The van der Waals surface area contributed by atoms with E-state index in [2.05, 4.69) is 10.1 Å². The third-order valence-electron chi connectivity index (χ3n) is 4.35. The highest BCUT2D eigenvalue weighted by Crippen LogP contribution is 2.36. The molecule has 0 saturated heterocycles. The lowest BCUT2D eigenvalue weighted by Crippen LogP contribution is -2.04. The van der Waals surface area contributed by atoms with E-state index in [1.54, 1.807) is 31.2 Å². The summed E-state index contributed by atoms with van der Waals surface area (Å²) in [6.45, 7) is 1.67. The molecule has 0 fully saturated rings. The van der Waals surface area contributed by atoms with Crippen molar-refractivity contribution in [2.75, 3.05) is 0 Å². The zero-order valence-electron chi connectivity index (χ0n) is 14.9. The summed E-state index contributed by atoms with van der Waals surface area (Å²) in [5.41, 5.74) is 1.47. The molecule has 4 rings (SSSR count). The number of aromatic nitrogens is 3. The minimum absolute atomic E-state index is 0.159. The maximum absolute atomic E-state index is 14.6. The van der Waals surface area contributed by atoms with Crippen molar-refractivity contribution in [1.82, 2.24) is 14.8 Å². The number of hydrogen-bond donors (Lipinski definition) is 1. The van der Waals surface area contributed by atoms with Gasteiger partial charge in [-0.2, -0.15) is 5.10 Å². The van der Waals surface area contributed by atoms with Gasteiger partial charge in [-0.1, -0.05) is 30.3 Å². The smallest absolute Gasteiger partial charge is 0.355 e. The monoisotopic (exact) mass is 415 g/mol. The highest BCUT2D eigenvalue weighted by atomic mass is 32.1. The molecule has 0 aliphatic carbocycles. The molecule has 0 aliphatic heterocycles. The predicted molar refractivity (Wildman–Crippen MR) is 102 cm³/mol. The summed E-state index contributed by atoms with van der Waals surface area (Å²) in [4.78, 5) is 15.2. The molecule has 2 heterocycles. The van der Waals surface area contributed by atoms with E-state index in [0.29, 0.717) is 11.3 Å². The molecule has 0 saturated carbocycles. The molecule has 2 aromatic carbocycles. The van der Waals surface area contributed by atoms with Crippen LogP contribution in [-0.2, 0) is 0 Å². The average molecular weight is 415 g/mol. The Morgan fingerprint density at radius 1 is 1.07 bits per heavy atom. The van der Waals surface area contributed by atoms with E-state index in [1.807, 2.05) is 6.07 Å². The van der Waals surface area contributed by atoms with Crippen LogP contribution < -0.4 is 0 Å². The van der Waals surface area contributed by atoms with E-state index in [9.17, 15) is 18.0 Å². The molecule has 9 heteroatoms. The van der Waals surface area contributed by atoms with Crippen molar-refractivity contribution in [3.05, 3.63) is 76.6 Å². The second-order valence-corrected chi connectivity index (χ2v) is 6.98. The van der Waals surface area contributed by atoms with Crippen LogP contribution in [0.25, 0.3) is 27.6 Å². The number of halogens is 3. The number of hydrogen-bond acceptors (Lipinski definition) is 4. The van der Waals surface area contributed by atoms with Crippen molar-refractivity contribution in [2.45, 2.75) is 6.92 Å². The van der Waals surface area contributed by atoms with E-state index in [0.717, 1.165) is 29.0 Å². The zero-order valence-corrected chi connectivity index (χ0v) is 15.7. The fourth-order valence-electron chi connectivity index (χ4n) is 2.99. The summed E-state index contributed by atoms with van der Waals surface area (Å²) < 4.78 is 43.2. The third-order valence-corrected chi connectivity index (χ3v) is 5.17. The van der Waals surface area contributed by atoms with Crippen LogP contribution in [0.4, 0.5) is 13.2 Å². The molecule has 5 nitrogen and oxygen atoms in total. The highest BCUT2D eigenvalue weighted by Gasteiger charge is 2.25. The Balaban J connectivity index is 2.01. The van der Waals surface area contributed by atoms with Crippen molar-refractivity contribution in [1.29, 1.82) is 0 Å². The van der Waals surface area contributed by atoms with Gasteiger partial charge in [0.15, 0.2) is 23.1 Å². The van der Waals surface area contributed by atoms with Crippen LogP contribution in [0.2, 0.25) is 0 Å². The normalized spacial score (nSPS) is 11.0. The Bertz CT molecular complexity index is 1240. The molecule has 146 valence electrons. The minimum atomic E-state index is -1.60. The predicted octanol–water partition coefficient (Wildman–Crippen LogP) is 5.09. The fourth-order valence-corrected chi connectivity index (χ4v) is 3.74. The molecule has 4 aromatic rings. The number of thiazole rings is 1. The largest absolute Gasteiger partial charge is 0.476 e. The average Bonchev–Trinajstić information content (AvgIpc) is 3.32. The maximum atomic E-state index is 14.6. The van der Waals surface area contributed by atoms with Crippen LogP contribution in [0, 0.1) is 24.4 Å². The van der Waals surface area contributed by atoms with E-state index < -0.39 is 23.4 Å². The molecular weight excluding hydrogens is 403 g/mol. The van der Waals surface area contributed by atoms with Crippen LogP contribution in [0.3, 0.4) is 0 Å². The first kappa shape index (κ1) is 18.9. The summed E-state index contributed by atoms with van der Waals surface area (Å²) in [5, 5.41) is 15.1. The summed E-state index contributed by atoms with van der Waals surface area (Å²) in [7, 11) is 0. The molecule has 0 unspecified atom stereocenters. The van der Waals surface area contributed by atoms with Crippen LogP contribution in [0.1, 0.15) is 16.1 Å². The molecule has 0 aliphatic rings. The van der Waals surface area contributed by atoms with Crippen molar-refractivity contribution in [3.8, 4) is 27.6 Å². The second kappa shape index (κ2) is 7.17. The van der Waals surface area contributed by atoms with Crippen molar-refractivity contribution in [2.24, 2.45) is 0 Å². The Morgan fingerprint density at radius 2 is 1.79 bits per heavy atom. The first-order chi connectivity index (χ1) is 13.9. The molecule has 2 aromatic heterocycles. The van der Waals surface area contributed by atoms with Gasteiger partial charge in [-0.3, -0.25) is 0 Å². The number of nitrogens with zero attached hydrogens (tertiary/aromatic N) is 3. The van der Waals surface area contributed by atoms with Crippen molar-refractivity contribution in [3.63, 3.8) is 0 Å². The molecule has 0 spiro atoms. The fraction of sp³-hybridized carbons (Fsp3) is 0.0500. The summed E-state index contributed by atoms with van der Waals surface area (Å²) in [6, 6.07) is 11.0. The number of aromatic carboxylic acids is 1. The lowest BCUT2D eigenvalue weighted by molar-refractivity contribution is 0.0691. The number of carboxylic acids is 1. The van der Waals surface area contributed by atoms with Crippen molar-refractivity contribution < 1.29 is 23.1 Å². The molecule has 29 heavy (non-hydrogen) atoms. The number of benzene rings is 2. The first-order valence-corrected chi connectivity index (χ1v) is 9.24. The van der Waals surface area contributed by atoms with Gasteiger partial charge in [0.05, 0.1) is 11.4 Å². The number of carbonyl (C=O) groups is 1. The van der Waals surface area contributed by atoms with Gasteiger partial charge in [0, 0.05) is 22.1 Å². The molecule has 0 bridgehead atoms. The van der Waals surface area contributed by atoms with Crippen LogP contribution in [-0.4, -0.2) is 25.8 Å². The van der Waals surface area contributed by atoms with Gasteiger partial charge in [0.2, 0.25) is 5.13 Å². The van der Waals surface area contributed by atoms with Crippen LogP contribution in [0.15, 0.2) is 47.8 Å². The first-order valence-electron chi connectivity index (χ1n) is 8.36. The van der Waals surface area contributed by atoms with E-state index in [1.165, 1.54) is 10.1 Å². The van der Waals surface area contributed by atoms with Gasteiger partial charge < -0.3 is 5.11 Å². The van der Waals surface area contributed by atoms with Gasteiger partial charge in [-0.25, -0.2) is 27.6 Å². The highest BCUT2D eigenvalue weighted by molar-refractivity contribution is 7.12. The summed E-state index contributed by atoms with van der Waals surface area (Å²) in [6.07, 6.45) is 0. The van der Waals surface area contributed by atoms with Gasteiger partial charge in [-0.05, 0) is 19.1 Å². The zero-order chi connectivity index (χ0) is 20.7. The summed E-state index contributed by atoms with van der Waals surface area (Å²) in [5.74, 6) is -5.48. The quantitative estimate of drug-likeness (QED) is 0.472. The molecule has 1 N–H and O–H groups in total. The Hall–Kier alpha value is -3.46. The van der Waals surface area contributed by atoms with E-state index >= 15 is 0 Å². The van der Waals surface area contributed by atoms with Gasteiger partial charge in [-0.15, -0.1) is 11.3 Å². The Labute approximate surface area is 166 Å². The standard InChI is InChI=1S/C20H12F3N3O2S/c1-10-17(11-5-3-2-4-6-11)25-26(20-24-14(9-29-20)19(27)28)18(10)12-7-8-13(21)16(23)15(12)22/h2-9H,1H3,(H,27,28). The second-order valence-electron chi connectivity index (χ2n) is 6.14. The lowest BCUT2D eigenvalue weighted by atomic mass is 10.0. The maximum Gasteiger partial charge on any atom is 0.355 e. The minimum Gasteiger partial charge on any atom is -0.476 e. The van der Waals surface area contributed by atoms with E-state index in [4.69, 9.17) is 5.11 Å². The Kier molecular flexibility index (Phi) is 4.67. The molecular formula is C20H12F3N3O2S. The van der Waals surface area contributed by atoms with Gasteiger partial charge >= 0.3 is 5.97 Å². The lowest BCUT2D eigenvalue weighted by Gasteiger charge is -2.08. The van der Waals surface area contributed by atoms with Crippen LogP contribution in [0.5, 0.6) is 0 Å². The van der Waals surface area contributed by atoms with E-state index in [-0.39, 0.29) is 22.1 Å². The third kappa shape index (κ3) is 3.19. The molecule has 0 atom stereocenters. The topological polar surface area (TPSA) is 68.0 Å². The molecule has 0 amide bonds. The molecule has 0 radical (unpaired) electrons. The Morgan fingerprint density at radius 3 is 2.45 bits per heavy atom. The van der Waals surface area contributed by atoms with Gasteiger partial charge in [0.1, 0.15) is 0 Å². The number of carboxylic acid groups (broad SMARTS) is 1. The summed E-state index contributed by atoms with van der Waals surface area (Å²) >= 11 is 0.988. The SMILES string of the molecule is Cc1c(-c2ccccc2)nn(-c2nc(C(=O)O)cs2)c1-c1ccc(F)c(F)c1F. The van der Waals surface area contributed by atoms with Crippen LogP contribution >= 0.6 is 11.3 Å².